The van der Waals surface area contributed by atoms with Crippen molar-refractivity contribution in [2.75, 3.05) is 6.26 Å². The second-order valence-corrected chi connectivity index (χ2v) is 9.45. The zero-order valence-corrected chi connectivity index (χ0v) is 16.6. The maximum absolute atomic E-state index is 11.6. The smallest absolute Gasteiger partial charge is 0.223 e. The third-order valence-electron chi connectivity index (χ3n) is 3.88. The van der Waals surface area contributed by atoms with E-state index in [9.17, 15) is 8.42 Å². The number of halogens is 1. The van der Waals surface area contributed by atoms with Crippen LogP contribution in [0.3, 0.4) is 0 Å². The van der Waals surface area contributed by atoms with Crippen LogP contribution in [0.4, 0.5) is 0 Å². The zero-order valence-electron chi connectivity index (χ0n) is 15.1. The van der Waals surface area contributed by atoms with Gasteiger partial charge in [0.2, 0.25) is 5.88 Å². The summed E-state index contributed by atoms with van der Waals surface area (Å²) in [4.78, 5) is 8.52. The minimum atomic E-state index is -3.10. The maximum atomic E-state index is 11.6. The molecule has 0 spiro atoms. The van der Waals surface area contributed by atoms with E-state index in [1.165, 1.54) is 6.26 Å². The lowest BCUT2D eigenvalue weighted by Crippen LogP contribution is -2.24. The van der Waals surface area contributed by atoms with Gasteiger partial charge in [-0.15, -0.1) is 0 Å². The van der Waals surface area contributed by atoms with E-state index < -0.39 is 15.1 Å². The normalized spacial score (nSPS) is 14.2. The summed E-state index contributed by atoms with van der Waals surface area (Å²) in [5.41, 5.74) is 2.07. The topological polar surface area (TPSA) is 69.2 Å². The number of sulfone groups is 1. The van der Waals surface area contributed by atoms with Crippen LogP contribution in [0.2, 0.25) is 5.15 Å². The third-order valence-corrected chi connectivity index (χ3v) is 5.75. The van der Waals surface area contributed by atoms with Gasteiger partial charge in [-0.05, 0) is 33.8 Å². The molecule has 0 amide bonds. The second-order valence-electron chi connectivity index (χ2n) is 6.60. The maximum Gasteiger partial charge on any atom is 0.223 e. The molecule has 0 unspecified atom stereocenters. The Morgan fingerprint density at radius 3 is 2.52 bits per heavy atom. The summed E-state index contributed by atoms with van der Waals surface area (Å²) in [6.45, 7) is 7.53. The molecule has 0 aromatic carbocycles. The average Bonchev–Trinajstić information content (AvgIpc) is 2.48. The Kier molecular flexibility index (Phi) is 6.06. The first kappa shape index (κ1) is 19.7. The number of aromatic nitrogens is 2. The quantitative estimate of drug-likeness (QED) is 0.697. The Balaban J connectivity index is 2.38. The molecule has 0 N–H and O–H groups in total. The Morgan fingerprint density at radius 1 is 1.24 bits per heavy atom. The molecule has 0 aliphatic heterocycles. The van der Waals surface area contributed by atoms with Crippen molar-refractivity contribution < 1.29 is 13.2 Å². The van der Waals surface area contributed by atoms with Crippen molar-refractivity contribution >= 4 is 38.3 Å². The zero-order chi connectivity index (χ0) is 18.8. The molecule has 25 heavy (non-hydrogen) atoms. The van der Waals surface area contributed by atoms with Gasteiger partial charge in [-0.2, -0.15) is 0 Å². The molecule has 2 atom stereocenters. The molecule has 0 aliphatic carbocycles. The highest BCUT2D eigenvalue weighted by Crippen LogP contribution is 2.30. The first-order chi connectivity index (χ1) is 11.6. The Labute approximate surface area is 154 Å². The molecule has 0 radical (unpaired) electrons. The van der Waals surface area contributed by atoms with Crippen LogP contribution in [-0.2, 0) is 9.84 Å². The van der Waals surface area contributed by atoms with Gasteiger partial charge in [0.1, 0.15) is 15.0 Å². The molecule has 2 rings (SSSR count). The Bertz CT molecular complexity index is 906. The highest BCUT2D eigenvalue weighted by atomic mass is 35.5. The van der Waals surface area contributed by atoms with E-state index in [-0.39, 0.29) is 6.10 Å². The molecule has 0 aliphatic rings. The third kappa shape index (κ3) is 5.16. The summed E-state index contributed by atoms with van der Waals surface area (Å²) in [5, 5.41) is 1.56. The molecule has 2 heterocycles. The van der Waals surface area contributed by atoms with Crippen LogP contribution in [-0.4, -0.2) is 36.0 Å². The van der Waals surface area contributed by atoms with Gasteiger partial charge >= 0.3 is 0 Å². The van der Waals surface area contributed by atoms with Crippen molar-refractivity contribution in [3.05, 3.63) is 34.7 Å². The SMILES string of the molecule is CC(C)=Cc1cnc(O[C@H](C)C[C@@H](C)S(C)(=O)=O)c2cnc(Cl)cc12. The monoisotopic (exact) mass is 382 g/mol. The largest absolute Gasteiger partial charge is 0.474 e. The molecule has 0 saturated heterocycles. The van der Waals surface area contributed by atoms with Gasteiger partial charge < -0.3 is 4.74 Å². The van der Waals surface area contributed by atoms with Crippen molar-refractivity contribution in [3.63, 3.8) is 0 Å². The predicted molar refractivity (Wildman–Crippen MR) is 103 cm³/mol. The number of allylic oxidation sites excluding steroid dienone is 1. The molecule has 0 bridgehead atoms. The summed E-state index contributed by atoms with van der Waals surface area (Å²) in [7, 11) is -3.10. The van der Waals surface area contributed by atoms with Crippen molar-refractivity contribution in [1.29, 1.82) is 0 Å². The van der Waals surface area contributed by atoms with Gasteiger partial charge in [0.25, 0.3) is 0 Å². The fourth-order valence-electron chi connectivity index (χ4n) is 2.51. The van der Waals surface area contributed by atoms with Gasteiger partial charge in [0.15, 0.2) is 0 Å². The molecule has 2 aromatic rings. The Hall–Kier alpha value is -1.66. The van der Waals surface area contributed by atoms with E-state index in [2.05, 4.69) is 9.97 Å². The number of pyridine rings is 2. The van der Waals surface area contributed by atoms with Crippen molar-refractivity contribution in [2.45, 2.75) is 45.5 Å². The van der Waals surface area contributed by atoms with Gasteiger partial charge in [-0.1, -0.05) is 23.3 Å². The molecule has 136 valence electrons. The van der Waals surface area contributed by atoms with Gasteiger partial charge in [0, 0.05) is 36.0 Å². The van der Waals surface area contributed by atoms with Crippen LogP contribution >= 0.6 is 11.6 Å². The summed E-state index contributed by atoms with van der Waals surface area (Å²) < 4.78 is 29.1. The van der Waals surface area contributed by atoms with E-state index in [1.807, 2.05) is 26.8 Å². The van der Waals surface area contributed by atoms with Crippen LogP contribution < -0.4 is 4.74 Å². The molecular formula is C18H23ClN2O3S. The lowest BCUT2D eigenvalue weighted by molar-refractivity contribution is 0.205. The number of rotatable bonds is 6. The first-order valence-electron chi connectivity index (χ1n) is 8.02. The fraction of sp³-hybridized carbons (Fsp3) is 0.444. The fourth-order valence-corrected chi connectivity index (χ4v) is 3.29. The van der Waals surface area contributed by atoms with Crippen LogP contribution in [0.15, 0.2) is 24.0 Å². The van der Waals surface area contributed by atoms with Crippen molar-refractivity contribution in [2.24, 2.45) is 0 Å². The highest BCUT2D eigenvalue weighted by molar-refractivity contribution is 7.91. The van der Waals surface area contributed by atoms with E-state index in [1.54, 1.807) is 25.4 Å². The van der Waals surface area contributed by atoms with Crippen LogP contribution in [0.25, 0.3) is 16.8 Å². The van der Waals surface area contributed by atoms with Crippen molar-refractivity contribution in [3.8, 4) is 5.88 Å². The number of hydrogen-bond donors (Lipinski definition) is 0. The molecule has 5 nitrogen and oxygen atoms in total. The van der Waals surface area contributed by atoms with Crippen LogP contribution in [0.5, 0.6) is 5.88 Å². The molecule has 2 aromatic heterocycles. The lowest BCUT2D eigenvalue weighted by Gasteiger charge is -2.18. The lowest BCUT2D eigenvalue weighted by atomic mass is 10.1. The van der Waals surface area contributed by atoms with Gasteiger partial charge in [-0.25, -0.2) is 18.4 Å². The predicted octanol–water partition coefficient (Wildman–Crippen LogP) is 4.30. The van der Waals surface area contributed by atoms with E-state index >= 15 is 0 Å². The minimum absolute atomic E-state index is 0.301. The number of nitrogens with zero attached hydrogens (tertiary/aromatic N) is 2. The summed E-state index contributed by atoms with van der Waals surface area (Å²) in [6.07, 6.45) is 6.70. The summed E-state index contributed by atoms with van der Waals surface area (Å²) in [5.74, 6) is 0.429. The standard InChI is InChI=1S/C18H23ClN2O3S/c1-11(2)6-14-9-21-18(16-10-20-17(19)8-15(14)16)24-12(3)7-13(4)25(5,22)23/h6,8-10,12-13H,7H2,1-5H3/t12-,13-/m1/s1. The minimum Gasteiger partial charge on any atom is -0.474 e. The molecule has 7 heteroatoms. The number of fused-ring (bicyclic) bond motifs is 1. The second kappa shape index (κ2) is 7.70. The Morgan fingerprint density at radius 2 is 1.92 bits per heavy atom. The van der Waals surface area contributed by atoms with Gasteiger partial charge in [-0.3, -0.25) is 0 Å². The van der Waals surface area contributed by atoms with E-state index in [0.29, 0.717) is 17.5 Å². The van der Waals surface area contributed by atoms with Crippen LogP contribution in [0.1, 0.15) is 39.7 Å². The molecule has 0 fully saturated rings. The number of ether oxygens (including phenoxy) is 1. The first-order valence-corrected chi connectivity index (χ1v) is 10.4. The summed E-state index contributed by atoms with van der Waals surface area (Å²) >= 11 is 6.04. The molecule has 0 saturated carbocycles. The number of hydrogen-bond acceptors (Lipinski definition) is 5. The van der Waals surface area contributed by atoms with E-state index in [0.717, 1.165) is 21.9 Å². The average molecular weight is 383 g/mol. The van der Waals surface area contributed by atoms with Crippen molar-refractivity contribution in [1.82, 2.24) is 9.97 Å². The summed E-state index contributed by atoms with van der Waals surface area (Å²) in [6, 6.07) is 1.78. The highest BCUT2D eigenvalue weighted by Gasteiger charge is 2.20. The van der Waals surface area contributed by atoms with Gasteiger partial charge in [0.05, 0.1) is 16.7 Å². The van der Waals surface area contributed by atoms with E-state index in [4.69, 9.17) is 16.3 Å². The molecular weight excluding hydrogens is 360 g/mol. The van der Waals surface area contributed by atoms with Crippen LogP contribution in [0, 0.1) is 0 Å².